The Hall–Kier alpha value is -1.14. The normalized spacial score (nSPS) is 19.3. The van der Waals surface area contributed by atoms with E-state index in [2.05, 4.69) is 43.5 Å². The lowest BCUT2D eigenvalue weighted by molar-refractivity contribution is 0.210. The number of nitrogens with one attached hydrogen (secondary N) is 2. The van der Waals surface area contributed by atoms with Crippen molar-refractivity contribution in [2.75, 3.05) is 40.3 Å². The fraction of sp³-hybridized carbons (Fsp3) is 0.611. The monoisotopic (exact) mass is 398 g/mol. The predicted molar refractivity (Wildman–Crippen MR) is 102 cm³/mol. The van der Waals surface area contributed by atoms with Crippen molar-refractivity contribution in [2.45, 2.75) is 25.7 Å². The van der Waals surface area contributed by atoms with Gasteiger partial charge in [0.25, 0.3) is 0 Å². The molecule has 1 aliphatic rings. The molecule has 0 aromatic heterocycles. The third kappa shape index (κ3) is 6.40. The van der Waals surface area contributed by atoms with Crippen LogP contribution in [0.2, 0.25) is 0 Å². The molecule has 1 unspecified atom stereocenters. The average molecular weight is 399 g/mol. The molecule has 1 fully saturated rings. The number of benzene rings is 1. The molecule has 2 N–H and O–H groups in total. The Kier molecular flexibility index (Phi) is 7.99. The summed E-state index contributed by atoms with van der Waals surface area (Å²) in [6.45, 7) is 4.08. The highest BCUT2D eigenvalue weighted by Gasteiger charge is 2.17. The van der Waals surface area contributed by atoms with Gasteiger partial charge in [0.15, 0.2) is 5.96 Å². The zero-order chi connectivity index (χ0) is 17.4. The molecule has 0 saturated carbocycles. The van der Waals surface area contributed by atoms with Gasteiger partial charge in [-0.15, -0.1) is 0 Å². The van der Waals surface area contributed by atoms with E-state index < -0.39 is 0 Å². The van der Waals surface area contributed by atoms with Crippen LogP contribution in [0.3, 0.4) is 0 Å². The van der Waals surface area contributed by atoms with Crippen LogP contribution in [-0.4, -0.2) is 51.1 Å². The maximum atomic E-state index is 13.8. The molecule has 0 radical (unpaired) electrons. The first kappa shape index (κ1) is 19.2. The van der Waals surface area contributed by atoms with E-state index in [4.69, 9.17) is 0 Å². The Morgan fingerprint density at radius 2 is 2.25 bits per heavy atom. The number of halogens is 2. The van der Waals surface area contributed by atoms with Gasteiger partial charge in [-0.2, -0.15) is 0 Å². The summed E-state index contributed by atoms with van der Waals surface area (Å²) in [5.41, 5.74) is 0.758. The van der Waals surface area contributed by atoms with E-state index >= 15 is 0 Å². The van der Waals surface area contributed by atoms with Gasteiger partial charge in [-0.3, -0.25) is 4.99 Å². The van der Waals surface area contributed by atoms with Crippen molar-refractivity contribution < 1.29 is 4.39 Å². The number of aryl methyl sites for hydroxylation is 1. The van der Waals surface area contributed by atoms with Crippen LogP contribution in [0.4, 0.5) is 4.39 Å². The van der Waals surface area contributed by atoms with Crippen molar-refractivity contribution in [3.63, 3.8) is 0 Å². The molecule has 134 valence electrons. The smallest absolute Gasteiger partial charge is 0.190 e. The number of piperidine rings is 1. The molecular weight excluding hydrogens is 371 g/mol. The van der Waals surface area contributed by atoms with Gasteiger partial charge in [0.1, 0.15) is 5.82 Å². The third-order valence-electron chi connectivity index (χ3n) is 4.43. The highest BCUT2D eigenvalue weighted by molar-refractivity contribution is 9.10. The minimum absolute atomic E-state index is 0.145. The van der Waals surface area contributed by atoms with Gasteiger partial charge < -0.3 is 15.5 Å². The summed E-state index contributed by atoms with van der Waals surface area (Å²) >= 11 is 3.28. The van der Waals surface area contributed by atoms with Gasteiger partial charge in [0.05, 0.1) is 0 Å². The zero-order valence-electron chi connectivity index (χ0n) is 14.6. The molecule has 0 aliphatic carbocycles. The maximum Gasteiger partial charge on any atom is 0.190 e. The fourth-order valence-electron chi connectivity index (χ4n) is 3.11. The summed E-state index contributed by atoms with van der Waals surface area (Å²) in [6, 6.07) is 5.24. The van der Waals surface area contributed by atoms with Crippen molar-refractivity contribution >= 4 is 21.9 Å². The third-order valence-corrected chi connectivity index (χ3v) is 4.93. The molecular formula is C18H28BrFN4. The molecule has 0 bridgehead atoms. The molecule has 1 aromatic rings. The topological polar surface area (TPSA) is 39.7 Å². The lowest BCUT2D eigenvalue weighted by Crippen LogP contribution is -2.43. The summed E-state index contributed by atoms with van der Waals surface area (Å²) in [7, 11) is 3.97. The van der Waals surface area contributed by atoms with Crippen LogP contribution in [-0.2, 0) is 6.42 Å². The number of nitrogens with zero attached hydrogens (tertiary/aromatic N) is 2. The highest BCUT2D eigenvalue weighted by Crippen LogP contribution is 2.16. The summed E-state index contributed by atoms with van der Waals surface area (Å²) < 4.78 is 14.5. The number of likely N-dealkylation sites (tertiary alicyclic amines) is 1. The Bertz CT molecular complexity index is 550. The van der Waals surface area contributed by atoms with Gasteiger partial charge in [-0.1, -0.05) is 22.0 Å². The summed E-state index contributed by atoms with van der Waals surface area (Å²) in [5, 5.41) is 6.72. The second-order valence-electron chi connectivity index (χ2n) is 6.49. The largest absolute Gasteiger partial charge is 0.356 e. The van der Waals surface area contributed by atoms with E-state index in [-0.39, 0.29) is 5.82 Å². The molecule has 6 heteroatoms. The molecule has 1 aliphatic heterocycles. The highest BCUT2D eigenvalue weighted by atomic mass is 79.9. The summed E-state index contributed by atoms with van der Waals surface area (Å²) in [6.07, 6.45) is 4.13. The molecule has 0 amide bonds. The quantitative estimate of drug-likeness (QED) is 0.439. The van der Waals surface area contributed by atoms with Crippen molar-refractivity contribution in [2.24, 2.45) is 10.9 Å². The van der Waals surface area contributed by atoms with Gasteiger partial charge >= 0.3 is 0 Å². The van der Waals surface area contributed by atoms with E-state index in [0.29, 0.717) is 5.92 Å². The van der Waals surface area contributed by atoms with Crippen LogP contribution in [0.5, 0.6) is 0 Å². The standard InChI is InChI=1S/C18H28BrFN4/c1-21-18(23-12-14-5-4-10-24(2)13-14)22-9-3-6-15-7-8-16(19)11-17(15)20/h7-8,11,14H,3-6,9-10,12-13H2,1-2H3,(H2,21,22,23). The van der Waals surface area contributed by atoms with Gasteiger partial charge in [0.2, 0.25) is 0 Å². The predicted octanol–water partition coefficient (Wildman–Crippen LogP) is 3.03. The molecule has 1 heterocycles. The Balaban J connectivity index is 1.66. The van der Waals surface area contributed by atoms with E-state index in [1.165, 1.54) is 25.5 Å². The van der Waals surface area contributed by atoms with Gasteiger partial charge in [-0.25, -0.2) is 4.39 Å². The molecule has 1 atom stereocenters. The number of hydrogen-bond donors (Lipinski definition) is 2. The SMILES string of the molecule is CN=C(NCCCc1ccc(Br)cc1F)NCC1CCCN(C)C1. The van der Waals surface area contributed by atoms with Crippen LogP contribution in [0, 0.1) is 11.7 Å². The first-order chi connectivity index (χ1) is 11.6. The number of hydrogen-bond acceptors (Lipinski definition) is 2. The summed E-state index contributed by atoms with van der Waals surface area (Å²) in [5.74, 6) is 1.37. The zero-order valence-corrected chi connectivity index (χ0v) is 16.2. The lowest BCUT2D eigenvalue weighted by atomic mass is 9.99. The first-order valence-corrected chi connectivity index (χ1v) is 9.44. The molecule has 4 nitrogen and oxygen atoms in total. The number of guanidine groups is 1. The van der Waals surface area contributed by atoms with Crippen LogP contribution < -0.4 is 10.6 Å². The molecule has 1 aromatic carbocycles. The first-order valence-electron chi connectivity index (χ1n) is 8.65. The minimum Gasteiger partial charge on any atom is -0.356 e. The van der Waals surface area contributed by atoms with Crippen LogP contribution in [0.15, 0.2) is 27.7 Å². The Labute approximate surface area is 153 Å². The summed E-state index contributed by atoms with van der Waals surface area (Å²) in [4.78, 5) is 6.65. The molecule has 2 rings (SSSR count). The fourth-order valence-corrected chi connectivity index (χ4v) is 3.44. The second-order valence-corrected chi connectivity index (χ2v) is 7.41. The lowest BCUT2D eigenvalue weighted by Gasteiger charge is -2.30. The van der Waals surface area contributed by atoms with E-state index in [1.54, 1.807) is 7.05 Å². The van der Waals surface area contributed by atoms with E-state index in [1.807, 2.05) is 12.1 Å². The number of aliphatic imine (C=N–C) groups is 1. The second kappa shape index (κ2) is 9.99. The van der Waals surface area contributed by atoms with Crippen LogP contribution in [0.1, 0.15) is 24.8 Å². The molecule has 0 spiro atoms. The Morgan fingerprint density at radius 1 is 1.42 bits per heavy atom. The van der Waals surface area contributed by atoms with Crippen LogP contribution >= 0.6 is 15.9 Å². The molecule has 24 heavy (non-hydrogen) atoms. The van der Waals surface area contributed by atoms with Crippen molar-refractivity contribution in [3.8, 4) is 0 Å². The van der Waals surface area contributed by atoms with E-state index in [9.17, 15) is 4.39 Å². The minimum atomic E-state index is -0.145. The van der Waals surface area contributed by atoms with E-state index in [0.717, 1.165) is 48.5 Å². The van der Waals surface area contributed by atoms with Crippen LogP contribution in [0.25, 0.3) is 0 Å². The van der Waals surface area contributed by atoms with Gasteiger partial charge in [0, 0.05) is 31.2 Å². The average Bonchev–Trinajstić information content (AvgIpc) is 2.56. The maximum absolute atomic E-state index is 13.8. The van der Waals surface area contributed by atoms with Gasteiger partial charge in [-0.05, 0) is 62.9 Å². The number of rotatable bonds is 6. The Morgan fingerprint density at radius 3 is 2.96 bits per heavy atom. The molecule has 1 saturated heterocycles. The van der Waals surface area contributed by atoms with Crippen molar-refractivity contribution in [1.82, 2.24) is 15.5 Å². The van der Waals surface area contributed by atoms with Crippen molar-refractivity contribution in [1.29, 1.82) is 0 Å². The van der Waals surface area contributed by atoms with Crippen molar-refractivity contribution in [3.05, 3.63) is 34.1 Å².